The van der Waals surface area contributed by atoms with Gasteiger partial charge in [-0.15, -0.1) is 0 Å². The van der Waals surface area contributed by atoms with Crippen LogP contribution in [0.5, 0.6) is 0 Å². The van der Waals surface area contributed by atoms with E-state index in [1.54, 1.807) is 0 Å². The fourth-order valence-electron chi connectivity index (χ4n) is 17.3. The molecular weight excluding hydrogens is 1020 g/mol. The van der Waals surface area contributed by atoms with E-state index in [2.05, 4.69) is 255 Å². The third kappa shape index (κ3) is 5.07. The van der Waals surface area contributed by atoms with Crippen molar-refractivity contribution in [3.8, 4) is 66.8 Å². The number of hydrogen-bond donors (Lipinski definition) is 0. The Morgan fingerprint density at radius 1 is 0.190 bits per heavy atom. The molecule has 0 N–H and O–H groups in total. The van der Waals surface area contributed by atoms with E-state index < -0.39 is 10.8 Å². The predicted octanol–water partition coefficient (Wildman–Crippen LogP) is 21.6. The Morgan fingerprint density at radius 3 is 0.988 bits per heavy atom. The summed E-state index contributed by atoms with van der Waals surface area (Å²) in [5, 5.41) is 15.0. The summed E-state index contributed by atoms with van der Waals surface area (Å²) in [6, 6.07) is 101. The first-order chi connectivity index (χ1) is 41.6. The summed E-state index contributed by atoms with van der Waals surface area (Å²) in [6.07, 6.45) is 0. The Kier molecular flexibility index (Phi) is 7.95. The normalized spacial score (nSPS) is 16.7. The summed E-state index contributed by atoms with van der Waals surface area (Å²) < 4.78 is 12.7. The zero-order chi connectivity index (χ0) is 54.3. The molecule has 0 fully saturated rings. The number of rotatable bonds is 2. The number of para-hydroxylation sites is 2. The van der Waals surface area contributed by atoms with Crippen LogP contribution in [-0.4, -0.2) is 0 Å². The van der Waals surface area contributed by atoms with Crippen LogP contribution in [-0.2, 0) is 10.8 Å². The second kappa shape index (κ2) is 15.2. The summed E-state index contributed by atoms with van der Waals surface area (Å²) in [5.74, 6) is 0. The highest BCUT2D eigenvalue weighted by molar-refractivity contribution is 6.37. The average Bonchev–Trinajstić information content (AvgIpc) is 1.58. The van der Waals surface area contributed by atoms with E-state index >= 15 is 0 Å². The van der Waals surface area contributed by atoms with Gasteiger partial charge < -0.3 is 8.83 Å². The molecule has 0 bridgehead atoms. The van der Waals surface area contributed by atoms with Crippen molar-refractivity contribution in [2.75, 3.05) is 0 Å². The van der Waals surface area contributed by atoms with Crippen LogP contribution in [0.2, 0.25) is 0 Å². The Labute approximate surface area is 482 Å². The highest BCUT2D eigenvalue weighted by Crippen LogP contribution is 2.68. The fraction of sp³-hybridized carbons (Fsp3) is 0.0244. The van der Waals surface area contributed by atoms with Gasteiger partial charge in [-0.25, -0.2) is 0 Å². The standard InChI is InChI=1S/C82H44O2/c1-7-25-65-49(15-1)51-35-31-47(45-33-37-75-61(39-45)53-17-5-11-29-73(53)83-75)41-69(51)81(65)67-27-9-3-19-57(67)79-59-23-13-22-56-64-44-72-80(60-24-14-21-55(78(60)64)63(77(56)59)43-71(79)81)58-20-4-10-28-68(58)82(72)66-26-8-2-16-50(66)52-36-32-48(42-70(52)82)46-34-38-76-62(40-46)54-18-6-12-30-74(54)84-76/h1-44H. The SMILES string of the molecule is c1ccc2c(c1)-c1ccc(-c3ccc4oc5ccccc5c4c3)cc1C21c2ccccc2-c2c1cc1c3cccc4c5c(cc(c6cccc2c61)c43)C1(c2ccccc2-c2ccc(-c3ccc4oc6ccccc6c4c3)cc21)c1ccccc1-5. The first-order valence-electron chi connectivity index (χ1n) is 29.4. The lowest BCUT2D eigenvalue weighted by molar-refractivity contribution is 0.668. The van der Waals surface area contributed by atoms with E-state index in [1.807, 2.05) is 12.1 Å². The molecule has 0 radical (unpaired) electrons. The van der Waals surface area contributed by atoms with Crippen molar-refractivity contribution < 1.29 is 8.83 Å². The fourth-order valence-corrected chi connectivity index (χ4v) is 17.3. The summed E-state index contributed by atoms with van der Waals surface area (Å²) in [4.78, 5) is 0. The minimum Gasteiger partial charge on any atom is -0.456 e. The molecule has 0 saturated carbocycles. The summed E-state index contributed by atoms with van der Waals surface area (Å²) >= 11 is 0. The van der Waals surface area contributed by atoms with Gasteiger partial charge in [0, 0.05) is 21.5 Å². The van der Waals surface area contributed by atoms with Crippen LogP contribution in [0.3, 0.4) is 0 Å². The largest absolute Gasteiger partial charge is 0.456 e. The number of fused-ring (bicyclic) bond motifs is 30. The van der Waals surface area contributed by atoms with Gasteiger partial charge in [0.25, 0.3) is 0 Å². The predicted molar refractivity (Wildman–Crippen MR) is 346 cm³/mol. The van der Waals surface area contributed by atoms with E-state index in [4.69, 9.17) is 8.83 Å². The van der Waals surface area contributed by atoms with Gasteiger partial charge in [0.1, 0.15) is 22.3 Å². The lowest BCUT2D eigenvalue weighted by atomic mass is 9.69. The van der Waals surface area contributed by atoms with E-state index in [9.17, 15) is 0 Å². The van der Waals surface area contributed by atoms with Crippen LogP contribution in [0.1, 0.15) is 44.5 Å². The molecule has 21 rings (SSSR count). The van der Waals surface area contributed by atoms with Gasteiger partial charge in [-0.05, 0) is 215 Å². The molecule has 0 amide bonds. The van der Waals surface area contributed by atoms with Crippen molar-refractivity contribution in [2.45, 2.75) is 10.8 Å². The molecule has 84 heavy (non-hydrogen) atoms. The first-order valence-corrected chi connectivity index (χ1v) is 29.4. The maximum absolute atomic E-state index is 6.34. The molecule has 17 aromatic rings. The third-order valence-corrected chi connectivity index (χ3v) is 20.4. The second-order valence-electron chi connectivity index (χ2n) is 24.0. The van der Waals surface area contributed by atoms with E-state index in [0.717, 1.165) is 43.9 Å². The van der Waals surface area contributed by atoms with Crippen LogP contribution in [0.25, 0.3) is 154 Å². The molecule has 0 saturated heterocycles. The second-order valence-corrected chi connectivity index (χ2v) is 24.0. The van der Waals surface area contributed by atoms with Gasteiger partial charge in [0.2, 0.25) is 0 Å². The van der Waals surface area contributed by atoms with Gasteiger partial charge >= 0.3 is 0 Å². The molecule has 2 heteroatoms. The summed E-state index contributed by atoms with van der Waals surface area (Å²) in [6.45, 7) is 0. The first kappa shape index (κ1) is 43.9. The van der Waals surface area contributed by atoms with Crippen LogP contribution in [0.15, 0.2) is 276 Å². The number of hydrogen-bond acceptors (Lipinski definition) is 2. The molecule has 2 atom stereocenters. The van der Waals surface area contributed by atoms with E-state index in [-0.39, 0.29) is 0 Å². The maximum atomic E-state index is 6.34. The molecule has 384 valence electrons. The zero-order valence-electron chi connectivity index (χ0n) is 45.2. The molecule has 2 aromatic heterocycles. The lowest BCUT2D eigenvalue weighted by Crippen LogP contribution is -2.26. The topological polar surface area (TPSA) is 26.3 Å². The van der Waals surface area contributed by atoms with Crippen molar-refractivity contribution in [1.82, 2.24) is 0 Å². The molecule has 15 aromatic carbocycles. The minimum absolute atomic E-state index is 0.571. The van der Waals surface area contributed by atoms with Gasteiger partial charge in [0.15, 0.2) is 0 Å². The van der Waals surface area contributed by atoms with Crippen molar-refractivity contribution in [3.05, 3.63) is 311 Å². The Hall–Kier alpha value is -10.8. The number of furan rings is 2. The minimum atomic E-state index is -0.571. The number of benzene rings is 15. The highest BCUT2D eigenvalue weighted by atomic mass is 16.3. The maximum Gasteiger partial charge on any atom is 0.135 e. The molecular formula is C82H44O2. The summed E-state index contributed by atoms with van der Waals surface area (Å²) in [7, 11) is 0. The highest BCUT2D eigenvalue weighted by Gasteiger charge is 2.54. The van der Waals surface area contributed by atoms with Crippen molar-refractivity contribution in [2.24, 2.45) is 0 Å². The lowest BCUT2D eigenvalue weighted by Gasteiger charge is -2.32. The molecule has 4 aliphatic rings. The Bertz CT molecular complexity index is 5520. The van der Waals surface area contributed by atoms with Crippen molar-refractivity contribution in [3.63, 3.8) is 0 Å². The van der Waals surface area contributed by atoms with Gasteiger partial charge in [-0.1, -0.05) is 206 Å². The van der Waals surface area contributed by atoms with Crippen LogP contribution < -0.4 is 0 Å². The molecule has 2 unspecified atom stereocenters. The van der Waals surface area contributed by atoms with Crippen molar-refractivity contribution >= 4 is 87.0 Å². The van der Waals surface area contributed by atoms with Gasteiger partial charge in [-0.3, -0.25) is 0 Å². The summed E-state index contributed by atoms with van der Waals surface area (Å²) in [5.41, 5.74) is 28.4. The van der Waals surface area contributed by atoms with Crippen LogP contribution in [0, 0.1) is 0 Å². The van der Waals surface area contributed by atoms with E-state index in [0.29, 0.717) is 0 Å². The quantitative estimate of drug-likeness (QED) is 0.127. The molecule has 2 spiro atoms. The smallest absolute Gasteiger partial charge is 0.135 e. The Balaban J connectivity index is 0.839. The average molecular weight is 1060 g/mol. The molecule has 2 heterocycles. The zero-order valence-corrected chi connectivity index (χ0v) is 45.2. The Morgan fingerprint density at radius 2 is 0.524 bits per heavy atom. The molecule has 2 nitrogen and oxygen atoms in total. The molecule has 0 aliphatic heterocycles. The monoisotopic (exact) mass is 1060 g/mol. The van der Waals surface area contributed by atoms with Gasteiger partial charge in [0.05, 0.1) is 10.8 Å². The van der Waals surface area contributed by atoms with E-state index in [1.165, 1.54) is 154 Å². The van der Waals surface area contributed by atoms with Crippen molar-refractivity contribution in [1.29, 1.82) is 0 Å². The van der Waals surface area contributed by atoms with Gasteiger partial charge in [-0.2, -0.15) is 0 Å². The third-order valence-electron chi connectivity index (χ3n) is 20.4. The van der Waals surface area contributed by atoms with Crippen LogP contribution in [0.4, 0.5) is 0 Å². The molecule has 4 aliphatic carbocycles. The van der Waals surface area contributed by atoms with Crippen LogP contribution >= 0.6 is 0 Å².